The first-order valence-electron chi connectivity index (χ1n) is 8.92. The van der Waals surface area contributed by atoms with Crippen LogP contribution in [0, 0.1) is 0 Å². The van der Waals surface area contributed by atoms with Crippen LogP contribution in [0.4, 0.5) is 5.95 Å². The molecular weight excluding hydrogens is 404 g/mol. The number of benzene rings is 2. The predicted octanol–water partition coefficient (Wildman–Crippen LogP) is 4.99. The van der Waals surface area contributed by atoms with E-state index in [1.54, 1.807) is 6.21 Å². The van der Waals surface area contributed by atoms with Crippen LogP contribution in [0.5, 0.6) is 0 Å². The van der Waals surface area contributed by atoms with Gasteiger partial charge in [-0.25, -0.2) is 5.43 Å². The van der Waals surface area contributed by atoms with Crippen molar-refractivity contribution in [1.82, 2.24) is 19.7 Å². The van der Waals surface area contributed by atoms with Gasteiger partial charge in [0, 0.05) is 16.4 Å². The number of para-hydroxylation sites is 1. The molecule has 7 heteroatoms. The summed E-state index contributed by atoms with van der Waals surface area (Å²) in [6, 6.07) is 16.1. The van der Waals surface area contributed by atoms with E-state index in [0.29, 0.717) is 5.95 Å². The number of nitrogens with one attached hydrogen (secondary N) is 1. The van der Waals surface area contributed by atoms with Crippen molar-refractivity contribution < 1.29 is 0 Å². The molecule has 0 unspecified atom stereocenters. The standard InChI is InChI=1S/C20H19BrN6/c1-2-3-11-27-17-10-5-4-9-16(17)18-19(27)23-20(26-24-18)25-22-13-14-7-6-8-15(21)12-14/h4-10,12-13H,2-3,11H2,1H3,(H,23,25,26)/b22-13+. The number of aryl methyl sites for hydroxylation is 1. The van der Waals surface area contributed by atoms with Gasteiger partial charge in [0.15, 0.2) is 5.65 Å². The Morgan fingerprint density at radius 2 is 2.04 bits per heavy atom. The van der Waals surface area contributed by atoms with E-state index in [2.05, 4.69) is 65.3 Å². The zero-order valence-electron chi connectivity index (χ0n) is 14.9. The fraction of sp³-hybridized carbons (Fsp3) is 0.200. The topological polar surface area (TPSA) is 68.0 Å². The van der Waals surface area contributed by atoms with Crippen LogP contribution >= 0.6 is 15.9 Å². The zero-order valence-corrected chi connectivity index (χ0v) is 16.5. The fourth-order valence-corrected chi connectivity index (χ4v) is 3.46. The Balaban J connectivity index is 1.67. The largest absolute Gasteiger partial charge is 0.324 e. The van der Waals surface area contributed by atoms with Gasteiger partial charge in [-0.2, -0.15) is 10.1 Å². The van der Waals surface area contributed by atoms with Gasteiger partial charge in [0.25, 0.3) is 5.95 Å². The molecule has 4 aromatic rings. The molecule has 0 fully saturated rings. The minimum absolute atomic E-state index is 0.384. The minimum Gasteiger partial charge on any atom is -0.324 e. The second-order valence-corrected chi connectivity index (χ2v) is 7.17. The third-order valence-corrected chi connectivity index (χ3v) is 4.83. The number of hydrogen-bond donors (Lipinski definition) is 1. The van der Waals surface area contributed by atoms with Crippen LogP contribution in [0.25, 0.3) is 22.1 Å². The van der Waals surface area contributed by atoms with Crippen molar-refractivity contribution in [3.63, 3.8) is 0 Å². The monoisotopic (exact) mass is 422 g/mol. The molecule has 0 saturated carbocycles. The third kappa shape index (κ3) is 3.68. The van der Waals surface area contributed by atoms with E-state index in [1.807, 2.05) is 36.4 Å². The maximum Gasteiger partial charge on any atom is 0.265 e. The Labute approximate surface area is 165 Å². The maximum atomic E-state index is 4.67. The van der Waals surface area contributed by atoms with Gasteiger partial charge < -0.3 is 4.57 Å². The molecule has 2 aromatic carbocycles. The first-order valence-corrected chi connectivity index (χ1v) is 9.72. The molecule has 0 radical (unpaired) electrons. The van der Waals surface area contributed by atoms with Gasteiger partial charge in [-0.05, 0) is 30.2 Å². The molecule has 136 valence electrons. The SMILES string of the molecule is CCCCn1c2ccccc2c2nnc(N/N=C/c3cccc(Br)c3)nc21. The van der Waals surface area contributed by atoms with E-state index in [0.717, 1.165) is 51.5 Å². The number of hydrazone groups is 1. The van der Waals surface area contributed by atoms with Crippen LogP contribution in [0.2, 0.25) is 0 Å². The van der Waals surface area contributed by atoms with Crippen LogP contribution in [-0.4, -0.2) is 26.0 Å². The average Bonchev–Trinajstić information content (AvgIpc) is 2.99. The summed E-state index contributed by atoms with van der Waals surface area (Å²) in [5, 5.41) is 13.9. The molecule has 0 atom stereocenters. The lowest BCUT2D eigenvalue weighted by Gasteiger charge is -2.05. The van der Waals surface area contributed by atoms with E-state index in [4.69, 9.17) is 0 Å². The van der Waals surface area contributed by atoms with Gasteiger partial charge in [0.1, 0.15) is 5.52 Å². The second kappa shape index (κ2) is 7.84. The van der Waals surface area contributed by atoms with Gasteiger partial charge in [-0.3, -0.25) is 0 Å². The molecule has 0 amide bonds. The highest BCUT2D eigenvalue weighted by Gasteiger charge is 2.13. The highest BCUT2D eigenvalue weighted by atomic mass is 79.9. The Morgan fingerprint density at radius 3 is 2.89 bits per heavy atom. The summed E-state index contributed by atoms with van der Waals surface area (Å²) in [4.78, 5) is 4.67. The number of hydrogen-bond acceptors (Lipinski definition) is 5. The number of halogens is 1. The first-order chi connectivity index (χ1) is 13.3. The lowest BCUT2D eigenvalue weighted by molar-refractivity contribution is 0.660. The normalized spacial score (nSPS) is 11.6. The first kappa shape index (κ1) is 17.6. The zero-order chi connectivity index (χ0) is 18.6. The molecule has 0 spiro atoms. The highest BCUT2D eigenvalue weighted by Crippen LogP contribution is 2.26. The van der Waals surface area contributed by atoms with E-state index < -0.39 is 0 Å². The highest BCUT2D eigenvalue weighted by molar-refractivity contribution is 9.10. The lowest BCUT2D eigenvalue weighted by atomic mass is 10.2. The fourth-order valence-electron chi connectivity index (χ4n) is 3.04. The molecule has 4 rings (SSSR count). The molecule has 2 aromatic heterocycles. The van der Waals surface area contributed by atoms with Crippen molar-refractivity contribution in [3.8, 4) is 0 Å². The quantitative estimate of drug-likeness (QED) is 0.351. The summed E-state index contributed by atoms with van der Waals surface area (Å²) in [6.45, 7) is 3.09. The molecule has 6 nitrogen and oxygen atoms in total. The van der Waals surface area contributed by atoms with Crippen molar-refractivity contribution in [2.75, 3.05) is 5.43 Å². The summed E-state index contributed by atoms with van der Waals surface area (Å²) in [7, 11) is 0. The Bertz CT molecular complexity index is 1120. The van der Waals surface area contributed by atoms with Crippen LogP contribution in [0.1, 0.15) is 25.3 Å². The molecule has 0 saturated heterocycles. The summed E-state index contributed by atoms with van der Waals surface area (Å²) < 4.78 is 3.22. The summed E-state index contributed by atoms with van der Waals surface area (Å²) >= 11 is 3.45. The molecule has 0 aliphatic carbocycles. The van der Waals surface area contributed by atoms with Crippen molar-refractivity contribution in [2.24, 2.45) is 5.10 Å². The summed E-state index contributed by atoms with van der Waals surface area (Å²) in [6.07, 6.45) is 3.93. The van der Waals surface area contributed by atoms with E-state index in [-0.39, 0.29) is 0 Å². The number of anilines is 1. The van der Waals surface area contributed by atoms with E-state index >= 15 is 0 Å². The van der Waals surface area contributed by atoms with Crippen LogP contribution in [-0.2, 0) is 6.54 Å². The van der Waals surface area contributed by atoms with E-state index in [9.17, 15) is 0 Å². The Kier molecular flexibility index (Phi) is 5.11. The Hall–Kier alpha value is -2.80. The van der Waals surface area contributed by atoms with Crippen LogP contribution < -0.4 is 5.43 Å². The Morgan fingerprint density at radius 1 is 1.15 bits per heavy atom. The maximum absolute atomic E-state index is 4.67. The lowest BCUT2D eigenvalue weighted by Crippen LogP contribution is -2.03. The van der Waals surface area contributed by atoms with Gasteiger partial charge in [-0.1, -0.05) is 59.6 Å². The van der Waals surface area contributed by atoms with Crippen molar-refractivity contribution in [3.05, 3.63) is 58.6 Å². The summed E-state index contributed by atoms with van der Waals surface area (Å²) in [5.41, 5.74) is 6.66. The molecule has 1 N–H and O–H groups in total. The molecule has 0 aliphatic rings. The molecule has 27 heavy (non-hydrogen) atoms. The van der Waals surface area contributed by atoms with Crippen molar-refractivity contribution in [1.29, 1.82) is 0 Å². The number of rotatable bonds is 6. The molecular formula is C20H19BrN6. The van der Waals surface area contributed by atoms with Gasteiger partial charge in [0.2, 0.25) is 0 Å². The van der Waals surface area contributed by atoms with Gasteiger partial charge >= 0.3 is 0 Å². The number of unbranched alkanes of at least 4 members (excludes halogenated alkanes) is 1. The molecule has 0 bridgehead atoms. The molecule has 2 heterocycles. The van der Waals surface area contributed by atoms with Gasteiger partial charge in [-0.15, -0.1) is 10.2 Å². The molecule has 0 aliphatic heterocycles. The van der Waals surface area contributed by atoms with Crippen LogP contribution in [0.15, 0.2) is 58.1 Å². The van der Waals surface area contributed by atoms with Gasteiger partial charge in [0.05, 0.1) is 11.7 Å². The van der Waals surface area contributed by atoms with E-state index in [1.165, 1.54) is 0 Å². The van der Waals surface area contributed by atoms with Crippen molar-refractivity contribution in [2.45, 2.75) is 26.3 Å². The second-order valence-electron chi connectivity index (χ2n) is 6.25. The summed E-state index contributed by atoms with van der Waals surface area (Å²) in [5.74, 6) is 0.384. The smallest absolute Gasteiger partial charge is 0.265 e. The third-order valence-electron chi connectivity index (χ3n) is 4.34. The van der Waals surface area contributed by atoms with Crippen LogP contribution in [0.3, 0.4) is 0 Å². The number of fused-ring (bicyclic) bond motifs is 3. The average molecular weight is 423 g/mol. The minimum atomic E-state index is 0.384. The predicted molar refractivity (Wildman–Crippen MR) is 113 cm³/mol. The number of aromatic nitrogens is 4. The van der Waals surface area contributed by atoms with Crippen molar-refractivity contribution >= 4 is 50.2 Å². The number of nitrogens with zero attached hydrogens (tertiary/aromatic N) is 5.